The van der Waals surface area contributed by atoms with Crippen LogP contribution in [0.5, 0.6) is 5.75 Å². The Morgan fingerprint density at radius 3 is 3.00 bits per heavy atom. The molecule has 0 radical (unpaired) electrons. The maximum absolute atomic E-state index is 11.9. The number of rotatable bonds is 6. The minimum Gasteiger partial charge on any atom is -0.481 e. The molecule has 1 aromatic rings. The fourth-order valence-electron chi connectivity index (χ4n) is 1.49. The molecule has 0 aliphatic rings. The first kappa shape index (κ1) is 15.9. The van der Waals surface area contributed by atoms with Gasteiger partial charge in [0.2, 0.25) is 0 Å². The molecular weight excluding hydrogens is 256 g/mol. The molecule has 0 saturated heterocycles. The third-order valence-corrected chi connectivity index (χ3v) is 2.64. The maximum atomic E-state index is 11.9. The van der Waals surface area contributed by atoms with Crippen molar-refractivity contribution < 1.29 is 14.6 Å². The van der Waals surface area contributed by atoms with Crippen molar-refractivity contribution in [2.75, 3.05) is 25.5 Å². The molecule has 0 fully saturated rings. The molecule has 1 unspecified atom stereocenters. The number of carbonyl (C=O) groups excluding carboxylic acids is 1. The second-order valence-electron chi connectivity index (χ2n) is 4.51. The second kappa shape index (κ2) is 8.08. The highest BCUT2D eigenvalue weighted by atomic mass is 16.5. The van der Waals surface area contributed by atoms with Gasteiger partial charge in [0.05, 0.1) is 6.10 Å². The molecule has 2 amide bonds. The first-order valence-corrected chi connectivity index (χ1v) is 6.39. The molecular formula is C15H20N2O3. The van der Waals surface area contributed by atoms with Gasteiger partial charge in [-0.1, -0.05) is 12.0 Å². The van der Waals surface area contributed by atoms with Gasteiger partial charge in [0.25, 0.3) is 0 Å². The molecule has 1 aromatic carbocycles. The number of carbonyl (C=O) groups is 1. The Bertz CT molecular complexity index is 480. The molecule has 2 N–H and O–H groups in total. The van der Waals surface area contributed by atoms with Crippen molar-refractivity contribution in [1.29, 1.82) is 0 Å². The number of hydrogen-bond acceptors (Lipinski definition) is 3. The summed E-state index contributed by atoms with van der Waals surface area (Å²) in [7, 11) is 1.68. The average molecular weight is 276 g/mol. The van der Waals surface area contributed by atoms with Crippen molar-refractivity contribution in [3.63, 3.8) is 0 Å². The molecule has 108 valence electrons. The molecule has 5 heteroatoms. The highest BCUT2D eigenvalue weighted by molar-refractivity contribution is 5.89. The third kappa shape index (κ3) is 5.63. The lowest BCUT2D eigenvalue weighted by Crippen LogP contribution is -2.33. The van der Waals surface area contributed by atoms with Crippen molar-refractivity contribution in [3.8, 4) is 18.1 Å². The van der Waals surface area contributed by atoms with E-state index in [1.165, 1.54) is 4.90 Å². The number of nitrogens with zero attached hydrogens (tertiary/aromatic N) is 1. The van der Waals surface area contributed by atoms with E-state index in [2.05, 4.69) is 11.2 Å². The van der Waals surface area contributed by atoms with E-state index in [4.69, 9.17) is 11.2 Å². The molecule has 0 aliphatic carbocycles. The zero-order chi connectivity index (χ0) is 15.0. The monoisotopic (exact) mass is 276 g/mol. The van der Waals surface area contributed by atoms with Crippen molar-refractivity contribution in [3.05, 3.63) is 24.3 Å². The lowest BCUT2D eigenvalue weighted by molar-refractivity contribution is 0.167. The van der Waals surface area contributed by atoms with Gasteiger partial charge in [0.1, 0.15) is 12.4 Å². The number of anilines is 1. The number of ether oxygens (including phenoxy) is 1. The maximum Gasteiger partial charge on any atom is 0.321 e. The Balaban J connectivity index is 2.55. The highest BCUT2D eigenvalue weighted by Crippen LogP contribution is 2.17. The Labute approximate surface area is 119 Å². The van der Waals surface area contributed by atoms with Crippen molar-refractivity contribution in [2.45, 2.75) is 19.4 Å². The number of benzene rings is 1. The van der Waals surface area contributed by atoms with Crippen LogP contribution in [0.2, 0.25) is 0 Å². The van der Waals surface area contributed by atoms with Crippen LogP contribution in [0.15, 0.2) is 24.3 Å². The standard InChI is InChI=1S/C15H20N2O3/c1-4-10-20-14-7-5-6-13(11-14)16-15(19)17(3)9-8-12(2)18/h1,5-7,11-12,18H,8-10H2,2-3H3,(H,16,19). The highest BCUT2D eigenvalue weighted by Gasteiger charge is 2.10. The lowest BCUT2D eigenvalue weighted by atomic mass is 10.3. The van der Waals surface area contributed by atoms with E-state index in [0.717, 1.165) is 0 Å². The van der Waals surface area contributed by atoms with Crippen molar-refractivity contribution in [2.24, 2.45) is 0 Å². The molecule has 5 nitrogen and oxygen atoms in total. The van der Waals surface area contributed by atoms with Gasteiger partial charge in [-0.25, -0.2) is 4.79 Å². The summed E-state index contributed by atoms with van der Waals surface area (Å²) in [6.45, 7) is 2.36. The SMILES string of the molecule is C#CCOc1cccc(NC(=O)N(C)CCC(C)O)c1. The summed E-state index contributed by atoms with van der Waals surface area (Å²) in [5, 5.41) is 12.0. The summed E-state index contributed by atoms with van der Waals surface area (Å²) in [6.07, 6.45) is 5.23. The molecule has 1 rings (SSSR count). The first-order chi connectivity index (χ1) is 9.52. The Hall–Kier alpha value is -2.19. The third-order valence-electron chi connectivity index (χ3n) is 2.64. The molecule has 0 aromatic heterocycles. The molecule has 0 bridgehead atoms. The minimum absolute atomic E-state index is 0.186. The normalized spacial score (nSPS) is 11.3. The predicted molar refractivity (Wildman–Crippen MR) is 78.7 cm³/mol. The van der Waals surface area contributed by atoms with Gasteiger partial charge >= 0.3 is 6.03 Å². The van der Waals surface area contributed by atoms with Crippen molar-refractivity contribution in [1.82, 2.24) is 4.90 Å². The van der Waals surface area contributed by atoms with Crippen LogP contribution in [0, 0.1) is 12.3 Å². The summed E-state index contributed by atoms with van der Waals surface area (Å²) in [6, 6.07) is 6.78. The van der Waals surface area contributed by atoms with Crippen LogP contribution in [0.1, 0.15) is 13.3 Å². The second-order valence-corrected chi connectivity index (χ2v) is 4.51. The van der Waals surface area contributed by atoms with Crippen LogP contribution in [-0.2, 0) is 0 Å². The van der Waals surface area contributed by atoms with Crippen LogP contribution >= 0.6 is 0 Å². The van der Waals surface area contributed by atoms with Gasteiger partial charge in [0, 0.05) is 25.3 Å². The van der Waals surface area contributed by atoms with Gasteiger partial charge < -0.3 is 20.1 Å². The number of amides is 2. The summed E-state index contributed by atoms with van der Waals surface area (Å²) < 4.78 is 5.28. The number of aliphatic hydroxyl groups excluding tert-OH is 1. The number of terminal acetylenes is 1. The predicted octanol–water partition coefficient (Wildman–Crippen LogP) is 1.93. The van der Waals surface area contributed by atoms with Gasteiger partial charge in [-0.05, 0) is 25.5 Å². The fraction of sp³-hybridized carbons (Fsp3) is 0.400. The number of urea groups is 1. The van der Waals surface area contributed by atoms with Crippen LogP contribution in [0.25, 0.3) is 0 Å². The van der Waals surface area contributed by atoms with Crippen LogP contribution in [0.4, 0.5) is 10.5 Å². The fourth-order valence-corrected chi connectivity index (χ4v) is 1.49. The van der Waals surface area contributed by atoms with E-state index in [0.29, 0.717) is 24.4 Å². The van der Waals surface area contributed by atoms with Gasteiger partial charge in [0.15, 0.2) is 0 Å². The van der Waals surface area contributed by atoms with E-state index in [9.17, 15) is 9.90 Å². The lowest BCUT2D eigenvalue weighted by Gasteiger charge is -2.18. The van der Waals surface area contributed by atoms with E-state index < -0.39 is 6.10 Å². The van der Waals surface area contributed by atoms with Crippen molar-refractivity contribution >= 4 is 11.7 Å². The van der Waals surface area contributed by atoms with Gasteiger partial charge in [-0.3, -0.25) is 0 Å². The number of aliphatic hydroxyl groups is 1. The summed E-state index contributed by atoms with van der Waals surface area (Å²) in [5.74, 6) is 2.98. The number of nitrogens with one attached hydrogen (secondary N) is 1. The Morgan fingerprint density at radius 2 is 2.35 bits per heavy atom. The molecule has 0 spiro atoms. The summed E-state index contributed by atoms with van der Waals surface area (Å²) in [5.41, 5.74) is 0.633. The Kier molecular flexibility index (Phi) is 6.41. The van der Waals surface area contributed by atoms with E-state index in [1.54, 1.807) is 38.2 Å². The Morgan fingerprint density at radius 1 is 1.60 bits per heavy atom. The largest absolute Gasteiger partial charge is 0.481 e. The summed E-state index contributed by atoms with van der Waals surface area (Å²) >= 11 is 0. The average Bonchev–Trinajstić information content (AvgIpc) is 2.42. The van der Waals surface area contributed by atoms with Gasteiger partial charge in [-0.2, -0.15) is 0 Å². The topological polar surface area (TPSA) is 61.8 Å². The van der Waals surface area contributed by atoms with Crippen LogP contribution < -0.4 is 10.1 Å². The molecule has 1 atom stereocenters. The van der Waals surface area contributed by atoms with E-state index in [-0.39, 0.29) is 12.6 Å². The molecule has 0 aliphatic heterocycles. The molecule has 0 saturated carbocycles. The van der Waals surface area contributed by atoms with Crippen LogP contribution in [-0.4, -0.2) is 42.3 Å². The molecule has 20 heavy (non-hydrogen) atoms. The summed E-state index contributed by atoms with van der Waals surface area (Å²) in [4.78, 5) is 13.4. The van der Waals surface area contributed by atoms with Crippen LogP contribution in [0.3, 0.4) is 0 Å². The minimum atomic E-state index is -0.425. The smallest absolute Gasteiger partial charge is 0.321 e. The zero-order valence-corrected chi connectivity index (χ0v) is 11.8. The zero-order valence-electron chi connectivity index (χ0n) is 11.8. The van der Waals surface area contributed by atoms with Gasteiger partial charge in [-0.15, -0.1) is 6.42 Å². The quantitative estimate of drug-likeness (QED) is 0.780. The number of hydrogen-bond donors (Lipinski definition) is 2. The first-order valence-electron chi connectivity index (χ1n) is 6.39. The molecule has 0 heterocycles. The van der Waals surface area contributed by atoms with E-state index in [1.807, 2.05) is 0 Å². The van der Waals surface area contributed by atoms with E-state index >= 15 is 0 Å².